The lowest BCUT2D eigenvalue weighted by Crippen LogP contribution is -2.54. The molecule has 4 aliphatic carbocycles. The topological polar surface area (TPSA) is 61.7 Å². The van der Waals surface area contributed by atoms with E-state index in [0.717, 1.165) is 38.6 Å². The number of aliphatic hydroxyl groups is 2. The van der Waals surface area contributed by atoms with Gasteiger partial charge in [0.1, 0.15) is 0 Å². The van der Waals surface area contributed by atoms with Crippen LogP contribution < -0.4 is 5.32 Å². The molecule has 4 nitrogen and oxygen atoms in total. The molecule has 5 fully saturated rings. The predicted molar refractivity (Wildman–Crippen MR) is 121 cm³/mol. The second-order valence-corrected chi connectivity index (χ2v) is 12.7. The highest BCUT2D eigenvalue weighted by molar-refractivity contribution is 5.28. The van der Waals surface area contributed by atoms with E-state index in [1.165, 1.54) is 18.4 Å². The zero-order chi connectivity index (χ0) is 21.7. The standard InChI is InChI=1S/C27H43NO3/c1-14-11-21-24(28-13-14)16(3)27(31-21)10-8-19-20-6-5-17-12-18(29)7-9-26(17,4)23(20)25(30)22(19)15(27)2/h5,14-16,18-25,28-30H,6-13H2,1-4H3/t14-,15+,16+,18-,19-,20-,21+,22+,23+,24-,25+,26-,27?/m0/s1. The zero-order valence-electron chi connectivity index (χ0n) is 19.9. The van der Waals surface area contributed by atoms with E-state index in [2.05, 4.69) is 39.1 Å². The van der Waals surface area contributed by atoms with Gasteiger partial charge < -0.3 is 20.3 Å². The van der Waals surface area contributed by atoms with Crippen LogP contribution in [0.1, 0.15) is 72.6 Å². The molecule has 0 aromatic carbocycles. The summed E-state index contributed by atoms with van der Waals surface area (Å²) in [6.45, 7) is 10.7. The Morgan fingerprint density at radius 2 is 1.87 bits per heavy atom. The van der Waals surface area contributed by atoms with Gasteiger partial charge in [0.05, 0.1) is 23.9 Å². The lowest BCUT2D eigenvalue weighted by molar-refractivity contribution is -0.154. The Bertz CT molecular complexity index is 768. The average Bonchev–Trinajstić information content (AvgIpc) is 3.18. The van der Waals surface area contributed by atoms with E-state index in [1.54, 1.807) is 0 Å². The molecule has 0 bridgehead atoms. The van der Waals surface area contributed by atoms with Gasteiger partial charge >= 0.3 is 0 Å². The first kappa shape index (κ1) is 21.1. The van der Waals surface area contributed by atoms with Crippen molar-refractivity contribution in [3.05, 3.63) is 11.6 Å². The summed E-state index contributed by atoms with van der Waals surface area (Å²) in [5.41, 5.74) is 1.42. The van der Waals surface area contributed by atoms with Gasteiger partial charge in [0.15, 0.2) is 0 Å². The minimum absolute atomic E-state index is 0.0684. The summed E-state index contributed by atoms with van der Waals surface area (Å²) in [5.74, 6) is 3.50. The summed E-state index contributed by atoms with van der Waals surface area (Å²) >= 11 is 0. The van der Waals surface area contributed by atoms with Crippen LogP contribution in [0.15, 0.2) is 11.6 Å². The summed E-state index contributed by atoms with van der Waals surface area (Å²) < 4.78 is 7.02. The molecule has 3 N–H and O–H groups in total. The lowest BCUT2D eigenvalue weighted by atomic mass is 9.56. The van der Waals surface area contributed by atoms with Crippen LogP contribution in [-0.2, 0) is 4.74 Å². The smallest absolute Gasteiger partial charge is 0.0757 e. The van der Waals surface area contributed by atoms with Gasteiger partial charge in [-0.1, -0.05) is 39.3 Å². The van der Waals surface area contributed by atoms with Crippen LogP contribution in [-0.4, -0.2) is 46.7 Å². The van der Waals surface area contributed by atoms with Crippen LogP contribution in [0, 0.1) is 46.8 Å². The number of rotatable bonds is 0. The van der Waals surface area contributed by atoms with Crippen molar-refractivity contribution in [3.63, 3.8) is 0 Å². The second kappa shape index (κ2) is 7.04. The van der Waals surface area contributed by atoms with Crippen LogP contribution in [0.2, 0.25) is 0 Å². The minimum Gasteiger partial charge on any atom is -0.393 e. The number of fused-ring (bicyclic) bond motifs is 6. The third kappa shape index (κ3) is 2.74. The Morgan fingerprint density at radius 1 is 1.06 bits per heavy atom. The van der Waals surface area contributed by atoms with Crippen LogP contribution in [0.3, 0.4) is 0 Å². The molecule has 31 heavy (non-hydrogen) atoms. The van der Waals surface area contributed by atoms with E-state index in [0.29, 0.717) is 53.6 Å². The summed E-state index contributed by atoms with van der Waals surface area (Å²) in [4.78, 5) is 0. The Kier molecular flexibility index (Phi) is 4.80. The molecule has 0 amide bonds. The van der Waals surface area contributed by atoms with Crippen molar-refractivity contribution >= 4 is 0 Å². The molecule has 2 saturated heterocycles. The third-order valence-electron chi connectivity index (χ3n) is 11.5. The molecule has 6 rings (SSSR count). The molecule has 6 aliphatic rings. The van der Waals surface area contributed by atoms with Crippen molar-refractivity contribution in [2.45, 2.75) is 103 Å². The quantitative estimate of drug-likeness (QED) is 0.511. The van der Waals surface area contributed by atoms with Crippen LogP contribution in [0.4, 0.5) is 0 Å². The molecular formula is C27H43NO3. The van der Waals surface area contributed by atoms with Crippen molar-refractivity contribution < 1.29 is 14.9 Å². The van der Waals surface area contributed by atoms with Crippen molar-refractivity contribution in [1.29, 1.82) is 0 Å². The molecule has 2 aliphatic heterocycles. The maximum absolute atomic E-state index is 11.9. The number of hydrogen-bond donors (Lipinski definition) is 3. The van der Waals surface area contributed by atoms with Crippen molar-refractivity contribution in [3.8, 4) is 0 Å². The number of allylic oxidation sites excluding steroid dienone is 1. The van der Waals surface area contributed by atoms with Gasteiger partial charge in [-0.25, -0.2) is 0 Å². The van der Waals surface area contributed by atoms with E-state index in [1.807, 2.05) is 0 Å². The van der Waals surface area contributed by atoms with Gasteiger partial charge in [0.2, 0.25) is 0 Å². The van der Waals surface area contributed by atoms with Gasteiger partial charge in [0, 0.05) is 12.0 Å². The summed E-state index contributed by atoms with van der Waals surface area (Å²) in [5, 5.41) is 26.0. The Balaban J connectivity index is 1.31. The lowest BCUT2D eigenvalue weighted by Gasteiger charge is -2.49. The number of hydrogen-bond acceptors (Lipinski definition) is 4. The van der Waals surface area contributed by atoms with E-state index < -0.39 is 0 Å². The minimum atomic E-state index is -0.239. The highest BCUT2D eigenvalue weighted by atomic mass is 16.5. The Hall–Kier alpha value is -0.420. The molecular weight excluding hydrogens is 386 g/mol. The van der Waals surface area contributed by atoms with Crippen molar-refractivity contribution in [1.82, 2.24) is 5.32 Å². The number of ether oxygens (including phenoxy) is 1. The van der Waals surface area contributed by atoms with Crippen LogP contribution in [0.5, 0.6) is 0 Å². The maximum atomic E-state index is 11.9. The van der Waals surface area contributed by atoms with Crippen molar-refractivity contribution in [2.24, 2.45) is 46.8 Å². The van der Waals surface area contributed by atoms with Gasteiger partial charge in [-0.3, -0.25) is 0 Å². The molecule has 0 aromatic heterocycles. The molecule has 0 radical (unpaired) electrons. The zero-order valence-corrected chi connectivity index (χ0v) is 19.9. The summed E-state index contributed by atoms with van der Waals surface area (Å²) in [6.07, 6.45) is 9.72. The van der Waals surface area contributed by atoms with Gasteiger partial charge in [-0.15, -0.1) is 0 Å². The number of piperidine rings is 1. The first-order valence-corrected chi connectivity index (χ1v) is 13.2. The molecule has 4 heteroatoms. The highest BCUT2D eigenvalue weighted by Crippen LogP contribution is 2.66. The van der Waals surface area contributed by atoms with Crippen LogP contribution in [0.25, 0.3) is 0 Å². The molecule has 0 aromatic rings. The monoisotopic (exact) mass is 429 g/mol. The predicted octanol–water partition coefficient (Wildman–Crippen LogP) is 3.91. The first-order chi connectivity index (χ1) is 14.8. The fraction of sp³-hybridized carbons (Fsp3) is 0.926. The number of aliphatic hydroxyl groups excluding tert-OH is 2. The van der Waals surface area contributed by atoms with E-state index >= 15 is 0 Å². The van der Waals surface area contributed by atoms with Gasteiger partial charge in [0.25, 0.3) is 0 Å². The molecule has 1 spiro atoms. The SMILES string of the molecule is C[C@@H]1CN[C@H]2[C@@H](C)C3(CC[C@H]4[C@@H]5CC=C6C[C@@H](O)CC[C@]6(C)[C@H]5[C@H](O)[C@@H]4[C@H]3C)O[C@@H]2C1. The largest absolute Gasteiger partial charge is 0.393 e. The van der Waals surface area contributed by atoms with E-state index in [4.69, 9.17) is 4.74 Å². The molecule has 1 unspecified atom stereocenters. The molecule has 3 saturated carbocycles. The Labute approximate surface area is 188 Å². The number of nitrogens with one attached hydrogen (secondary N) is 1. The third-order valence-corrected chi connectivity index (χ3v) is 11.5. The summed E-state index contributed by atoms with van der Waals surface area (Å²) in [7, 11) is 0. The average molecular weight is 430 g/mol. The first-order valence-electron chi connectivity index (χ1n) is 13.2. The maximum Gasteiger partial charge on any atom is 0.0757 e. The fourth-order valence-corrected chi connectivity index (χ4v) is 9.90. The molecule has 2 heterocycles. The second-order valence-electron chi connectivity index (χ2n) is 12.7. The molecule has 13 atom stereocenters. The van der Waals surface area contributed by atoms with E-state index in [9.17, 15) is 10.2 Å². The van der Waals surface area contributed by atoms with E-state index in [-0.39, 0.29) is 23.2 Å². The molecule has 174 valence electrons. The van der Waals surface area contributed by atoms with Crippen molar-refractivity contribution in [2.75, 3.05) is 6.54 Å². The highest BCUT2D eigenvalue weighted by Gasteiger charge is 2.67. The van der Waals surface area contributed by atoms with Crippen LogP contribution >= 0.6 is 0 Å². The fourth-order valence-electron chi connectivity index (χ4n) is 9.90. The normalized spacial score (nSPS) is 60.7. The van der Waals surface area contributed by atoms with Gasteiger partial charge in [-0.2, -0.15) is 0 Å². The Morgan fingerprint density at radius 3 is 2.68 bits per heavy atom. The summed E-state index contributed by atoms with van der Waals surface area (Å²) in [6, 6.07) is 0.474. The van der Waals surface area contributed by atoms with Gasteiger partial charge in [-0.05, 0) is 92.4 Å².